The monoisotopic (exact) mass is 425 g/mol. The molecule has 1 unspecified atom stereocenters. The topological polar surface area (TPSA) is 83.3 Å². The lowest BCUT2D eigenvalue weighted by Gasteiger charge is -2.30. The average Bonchev–Trinajstić information content (AvgIpc) is 3.10. The molecule has 4 N–H and O–H groups in total. The summed E-state index contributed by atoms with van der Waals surface area (Å²) in [6.45, 7) is 0.763. The third-order valence-electron chi connectivity index (χ3n) is 4.59. The van der Waals surface area contributed by atoms with Gasteiger partial charge in [-0.2, -0.15) is 0 Å². The van der Waals surface area contributed by atoms with Crippen LogP contribution in [0.2, 0.25) is 5.02 Å². The molecule has 6 nitrogen and oxygen atoms in total. The van der Waals surface area contributed by atoms with E-state index in [1.54, 1.807) is 24.2 Å². The molecule has 29 heavy (non-hydrogen) atoms. The lowest BCUT2D eigenvalue weighted by molar-refractivity contribution is 0.240. The molecule has 0 aliphatic carbocycles. The first-order chi connectivity index (χ1) is 14.2. The molecular weight excluding hydrogens is 406 g/mol. The first-order valence-corrected chi connectivity index (χ1v) is 10.4. The van der Waals surface area contributed by atoms with Gasteiger partial charge >= 0.3 is 6.03 Å². The Balaban J connectivity index is 1.59. The first kappa shape index (κ1) is 19.6. The number of nitrogens with two attached hydrogens (primary N) is 1. The number of hydrogen-bond acceptors (Lipinski definition) is 5. The number of anilines is 2. The number of nitrogens with one attached hydrogen (secondary N) is 2. The van der Waals surface area contributed by atoms with Gasteiger partial charge < -0.3 is 21.3 Å². The molecule has 0 fully saturated rings. The van der Waals surface area contributed by atoms with Gasteiger partial charge in [0, 0.05) is 30.4 Å². The Hall–Kier alpha value is -2.74. The molecule has 0 bridgehead atoms. The molecule has 2 aromatic carbocycles. The van der Waals surface area contributed by atoms with Crippen LogP contribution in [0.25, 0.3) is 0 Å². The van der Waals surface area contributed by atoms with Gasteiger partial charge in [-0.15, -0.1) is 0 Å². The van der Waals surface area contributed by atoms with Crippen molar-refractivity contribution in [2.75, 3.05) is 4.90 Å². The zero-order chi connectivity index (χ0) is 20.2. The number of carbonyl (C=O) groups excluding carboxylic acids is 1. The molecule has 0 saturated heterocycles. The largest absolute Gasteiger partial charge is 0.334 e. The minimum absolute atomic E-state index is 0.265. The summed E-state index contributed by atoms with van der Waals surface area (Å²) < 4.78 is 0. The fourth-order valence-electron chi connectivity index (χ4n) is 3.23. The quantitative estimate of drug-likeness (QED) is 0.570. The van der Waals surface area contributed by atoms with Gasteiger partial charge in [0.1, 0.15) is 0 Å². The fourth-order valence-corrected chi connectivity index (χ4v) is 4.69. The van der Waals surface area contributed by atoms with Crippen LogP contribution in [0.5, 0.6) is 0 Å². The number of fused-ring (bicyclic) bond motifs is 1. The van der Waals surface area contributed by atoms with Crippen LogP contribution in [0.15, 0.2) is 71.9 Å². The summed E-state index contributed by atoms with van der Waals surface area (Å²) >= 11 is 8.12. The lowest BCUT2D eigenvalue weighted by atomic mass is 10.1. The lowest BCUT2D eigenvalue weighted by Crippen LogP contribution is -2.46. The maximum absolute atomic E-state index is 12.6. The summed E-state index contributed by atoms with van der Waals surface area (Å²) in [5.74, 6) is 0. The number of hydrogen-bond donors (Lipinski definition) is 3. The van der Waals surface area contributed by atoms with Gasteiger partial charge in [-0.3, -0.25) is 4.98 Å². The van der Waals surface area contributed by atoms with Crippen LogP contribution in [0.1, 0.15) is 11.1 Å². The molecule has 1 aromatic heterocycles. The van der Waals surface area contributed by atoms with E-state index >= 15 is 0 Å². The summed E-state index contributed by atoms with van der Waals surface area (Å²) in [6.07, 6.45) is 3.40. The molecule has 1 atom stereocenters. The van der Waals surface area contributed by atoms with Crippen LogP contribution in [-0.2, 0) is 13.1 Å². The fraction of sp³-hybridized carbons (Fsp3) is 0.143. The van der Waals surface area contributed by atoms with Crippen LogP contribution in [0.3, 0.4) is 0 Å². The van der Waals surface area contributed by atoms with Crippen LogP contribution in [-0.4, -0.2) is 16.5 Å². The predicted molar refractivity (Wildman–Crippen MR) is 117 cm³/mol. The molecule has 4 rings (SSSR count). The van der Waals surface area contributed by atoms with Crippen molar-refractivity contribution in [2.24, 2.45) is 5.73 Å². The van der Waals surface area contributed by atoms with Gasteiger partial charge in [-0.1, -0.05) is 47.6 Å². The summed E-state index contributed by atoms with van der Waals surface area (Å²) in [5.41, 5.74) is 9.31. The molecule has 0 spiro atoms. The highest BCUT2D eigenvalue weighted by Crippen LogP contribution is 2.49. The molecule has 148 valence electrons. The minimum atomic E-state index is -0.352. The third kappa shape index (κ3) is 4.17. The van der Waals surface area contributed by atoms with Gasteiger partial charge in [-0.05, 0) is 41.5 Å². The van der Waals surface area contributed by atoms with Crippen molar-refractivity contribution in [3.8, 4) is 0 Å². The maximum Gasteiger partial charge on any atom is 0.317 e. The molecule has 3 aromatic rings. The van der Waals surface area contributed by atoms with E-state index in [4.69, 9.17) is 17.3 Å². The van der Waals surface area contributed by atoms with E-state index in [0.717, 1.165) is 27.4 Å². The Kier molecular flexibility index (Phi) is 5.89. The third-order valence-corrected chi connectivity index (χ3v) is 6.04. The standard InChI is InChI=1S/C21H20ClN5OS/c22-16-5-3-4-15(12-23)19(16)27-17-6-1-2-7-18(17)29-21(27)26-20(28)25-13-14-8-10-24-11-9-14/h1-11,21H,12-13,23H2,(H2,25,26,28). The molecule has 0 saturated carbocycles. The zero-order valence-electron chi connectivity index (χ0n) is 15.5. The van der Waals surface area contributed by atoms with Crippen molar-refractivity contribution in [2.45, 2.75) is 23.5 Å². The Morgan fingerprint density at radius 2 is 1.93 bits per heavy atom. The molecule has 8 heteroatoms. The van der Waals surface area contributed by atoms with Crippen molar-refractivity contribution in [3.05, 3.63) is 83.1 Å². The number of aromatic nitrogens is 1. The Bertz CT molecular complexity index is 1020. The number of carbonyl (C=O) groups is 1. The van der Waals surface area contributed by atoms with Crippen molar-refractivity contribution < 1.29 is 4.79 Å². The Labute approximate surface area is 178 Å². The Morgan fingerprint density at radius 3 is 2.72 bits per heavy atom. The molecule has 2 heterocycles. The van der Waals surface area contributed by atoms with Crippen LogP contribution in [0.4, 0.5) is 16.2 Å². The number of thioether (sulfide) groups is 1. The number of urea groups is 1. The molecule has 1 aliphatic heterocycles. The van der Waals surface area contributed by atoms with E-state index in [0.29, 0.717) is 18.1 Å². The maximum atomic E-state index is 12.6. The van der Waals surface area contributed by atoms with Crippen molar-refractivity contribution in [3.63, 3.8) is 0 Å². The van der Waals surface area contributed by atoms with Gasteiger partial charge in [0.2, 0.25) is 0 Å². The van der Waals surface area contributed by atoms with E-state index in [1.807, 2.05) is 59.5 Å². The highest BCUT2D eigenvalue weighted by molar-refractivity contribution is 8.00. The smallest absolute Gasteiger partial charge is 0.317 e. The minimum Gasteiger partial charge on any atom is -0.334 e. The molecule has 0 radical (unpaired) electrons. The summed E-state index contributed by atoms with van der Waals surface area (Å²) in [6, 6.07) is 17.1. The highest BCUT2D eigenvalue weighted by atomic mass is 35.5. The second-order valence-corrected chi connectivity index (χ2v) is 7.97. The van der Waals surface area contributed by atoms with E-state index in [2.05, 4.69) is 15.6 Å². The molecule has 1 aliphatic rings. The number of amides is 2. The number of benzene rings is 2. The van der Waals surface area contributed by atoms with Gasteiger partial charge in [-0.25, -0.2) is 4.79 Å². The molecular formula is C21H20ClN5OS. The van der Waals surface area contributed by atoms with E-state index in [1.165, 1.54) is 0 Å². The SMILES string of the molecule is NCc1cccc(Cl)c1N1c2ccccc2SC1NC(=O)NCc1ccncc1. The Morgan fingerprint density at radius 1 is 1.14 bits per heavy atom. The normalized spacial score (nSPS) is 15.1. The van der Waals surface area contributed by atoms with Crippen molar-refractivity contribution in [1.82, 2.24) is 15.6 Å². The second-order valence-electron chi connectivity index (χ2n) is 6.44. The molecule has 2 amide bonds. The number of halogens is 1. The van der Waals surface area contributed by atoms with Crippen molar-refractivity contribution >= 4 is 40.8 Å². The van der Waals surface area contributed by atoms with E-state index in [9.17, 15) is 4.79 Å². The predicted octanol–water partition coefficient (Wildman–Crippen LogP) is 4.22. The summed E-state index contributed by atoms with van der Waals surface area (Å²) in [5, 5.41) is 6.53. The second kappa shape index (κ2) is 8.73. The van der Waals surface area contributed by atoms with Gasteiger partial charge in [0.15, 0.2) is 5.50 Å². The number of para-hydroxylation sites is 2. The summed E-state index contributed by atoms with van der Waals surface area (Å²) in [7, 11) is 0. The van der Waals surface area contributed by atoms with Crippen LogP contribution >= 0.6 is 23.4 Å². The van der Waals surface area contributed by atoms with Gasteiger partial charge in [0.25, 0.3) is 0 Å². The van der Waals surface area contributed by atoms with E-state index < -0.39 is 0 Å². The van der Waals surface area contributed by atoms with Crippen LogP contribution < -0.4 is 21.3 Å². The first-order valence-electron chi connectivity index (χ1n) is 9.13. The average molecular weight is 426 g/mol. The highest BCUT2D eigenvalue weighted by Gasteiger charge is 2.34. The van der Waals surface area contributed by atoms with Crippen LogP contribution in [0, 0.1) is 0 Å². The zero-order valence-corrected chi connectivity index (χ0v) is 17.1. The summed E-state index contributed by atoms with van der Waals surface area (Å²) in [4.78, 5) is 19.7. The van der Waals surface area contributed by atoms with Crippen molar-refractivity contribution in [1.29, 1.82) is 0 Å². The number of pyridine rings is 1. The van der Waals surface area contributed by atoms with Gasteiger partial charge in [0.05, 0.1) is 16.4 Å². The van der Waals surface area contributed by atoms with E-state index in [-0.39, 0.29) is 11.5 Å². The number of rotatable bonds is 5. The number of nitrogens with zero attached hydrogens (tertiary/aromatic N) is 2.